The molecule has 0 unspecified atom stereocenters. The maximum Gasteiger partial charge on any atom is 0.311 e. The van der Waals surface area contributed by atoms with Crippen LogP contribution < -0.4 is 5.73 Å². The van der Waals surface area contributed by atoms with Crippen LogP contribution in [0.1, 0.15) is 98.8 Å². The number of cyclic esters (lactones) is 1. The van der Waals surface area contributed by atoms with Gasteiger partial charge in [0, 0.05) is 25.7 Å². The number of carbonyl (C=O) groups is 2. The van der Waals surface area contributed by atoms with Crippen LogP contribution in [0.15, 0.2) is 72.9 Å². The lowest BCUT2D eigenvalue weighted by molar-refractivity contribution is -0.308. The molecule has 12 N–H and O–H groups in total. The Morgan fingerprint density at radius 2 is 1.32 bits per heavy atom. The van der Waals surface area contributed by atoms with Gasteiger partial charge in [0.1, 0.15) is 18.1 Å². The van der Waals surface area contributed by atoms with Crippen LogP contribution in [0.25, 0.3) is 0 Å². The standard InChI is InChI=1S/C48H77NO16/c1-28-18-16-14-12-10-8-6-7-9-11-13-15-17-19-36(64-47-45(58)43(49)44(57)32(5)63-47)25-40-42(46(59)60)39(55)27-48(61,65-40)26-35(52)23-38(54)37(53)21-20-33(50)22-34(51)24-41(56)62-31(4)30(3)29(28)2/h6-12,14,16-19,28-40,42-45,47,50-55,57-58,61H,13,15,20-27,49H2,1-5H3,(H,59,60)/t28-,29+,30+,31-,32+,33+,34+,35-,36-,37+,38+,39-,40-,42+,43-,44+,45-,47-,48+/m0/s1. The number of ether oxygens (including phenoxy) is 4. The van der Waals surface area contributed by atoms with E-state index < -0.39 is 128 Å². The molecule has 0 aromatic rings. The van der Waals surface area contributed by atoms with Crippen LogP contribution >= 0.6 is 0 Å². The number of hydrogen-bond donors (Lipinski definition) is 11. The van der Waals surface area contributed by atoms with Gasteiger partial charge >= 0.3 is 11.9 Å². The van der Waals surface area contributed by atoms with Gasteiger partial charge in [-0.25, -0.2) is 0 Å². The van der Waals surface area contributed by atoms with Crippen LogP contribution in [-0.2, 0) is 28.5 Å². The molecule has 3 aliphatic rings. The number of nitrogens with two attached hydrogens (primary N) is 1. The number of hydrogen-bond acceptors (Lipinski definition) is 16. The summed E-state index contributed by atoms with van der Waals surface area (Å²) in [5.74, 6) is -5.58. The highest BCUT2D eigenvalue weighted by molar-refractivity contribution is 5.71. The number of aliphatic hydroxyl groups excluding tert-OH is 8. The van der Waals surface area contributed by atoms with Gasteiger partial charge in [-0.15, -0.1) is 0 Å². The fourth-order valence-electron chi connectivity index (χ4n) is 8.35. The van der Waals surface area contributed by atoms with Gasteiger partial charge in [0.15, 0.2) is 12.1 Å². The van der Waals surface area contributed by atoms with E-state index in [-0.39, 0.29) is 49.9 Å². The van der Waals surface area contributed by atoms with Gasteiger partial charge in [-0.2, -0.15) is 0 Å². The van der Waals surface area contributed by atoms with E-state index in [0.29, 0.717) is 12.8 Å². The predicted molar refractivity (Wildman–Crippen MR) is 240 cm³/mol. The van der Waals surface area contributed by atoms with Crippen molar-refractivity contribution in [3.05, 3.63) is 72.9 Å². The molecule has 65 heavy (non-hydrogen) atoms. The fraction of sp³-hybridized carbons (Fsp3) is 0.708. The number of carboxylic acids is 1. The van der Waals surface area contributed by atoms with Crippen LogP contribution in [0.5, 0.6) is 0 Å². The van der Waals surface area contributed by atoms with Crippen molar-refractivity contribution >= 4 is 11.9 Å². The highest BCUT2D eigenvalue weighted by Crippen LogP contribution is 2.38. The van der Waals surface area contributed by atoms with Crippen molar-refractivity contribution in [3.8, 4) is 0 Å². The summed E-state index contributed by atoms with van der Waals surface area (Å²) in [6.07, 6.45) is 4.65. The molecular weight excluding hydrogens is 847 g/mol. The smallest absolute Gasteiger partial charge is 0.311 e. The average Bonchev–Trinajstić information content (AvgIpc) is 3.21. The molecule has 17 heteroatoms. The fourth-order valence-corrected chi connectivity index (χ4v) is 8.35. The van der Waals surface area contributed by atoms with Gasteiger partial charge in [-0.05, 0) is 63.7 Å². The number of fused-ring (bicyclic) bond motifs is 2. The zero-order chi connectivity index (χ0) is 48.4. The van der Waals surface area contributed by atoms with E-state index >= 15 is 0 Å². The number of allylic oxidation sites excluding steroid dienone is 11. The van der Waals surface area contributed by atoms with Crippen LogP contribution in [0, 0.1) is 23.7 Å². The minimum atomic E-state index is -2.30. The van der Waals surface area contributed by atoms with E-state index in [2.05, 4.69) is 19.9 Å². The Bertz CT molecular complexity index is 1620. The molecule has 3 heterocycles. The van der Waals surface area contributed by atoms with Gasteiger partial charge in [0.2, 0.25) is 0 Å². The van der Waals surface area contributed by atoms with Crippen molar-refractivity contribution in [1.29, 1.82) is 0 Å². The quantitative estimate of drug-likeness (QED) is 0.143. The molecule has 0 saturated carbocycles. The highest BCUT2D eigenvalue weighted by atomic mass is 16.7. The Hall–Kier alpha value is -3.14. The molecule has 17 nitrogen and oxygen atoms in total. The lowest BCUT2D eigenvalue weighted by Crippen LogP contribution is -2.61. The molecule has 0 aromatic heterocycles. The molecule has 19 atom stereocenters. The third kappa shape index (κ3) is 18.8. The van der Waals surface area contributed by atoms with Crippen molar-refractivity contribution in [2.75, 3.05) is 0 Å². The van der Waals surface area contributed by atoms with E-state index in [9.17, 15) is 60.7 Å². The van der Waals surface area contributed by atoms with E-state index in [1.165, 1.54) is 0 Å². The van der Waals surface area contributed by atoms with E-state index in [1.807, 2.05) is 61.6 Å². The molecule has 2 bridgehead atoms. The summed E-state index contributed by atoms with van der Waals surface area (Å²) in [4.78, 5) is 25.2. The Kier molecular flexibility index (Phi) is 23.9. The van der Waals surface area contributed by atoms with E-state index in [4.69, 9.17) is 24.7 Å². The maximum atomic E-state index is 12.7. The third-order valence-electron chi connectivity index (χ3n) is 12.8. The Morgan fingerprint density at radius 3 is 1.98 bits per heavy atom. The zero-order valence-corrected chi connectivity index (χ0v) is 38.4. The monoisotopic (exact) mass is 924 g/mol. The lowest BCUT2D eigenvalue weighted by Gasteiger charge is -2.45. The van der Waals surface area contributed by atoms with Crippen molar-refractivity contribution in [2.24, 2.45) is 29.4 Å². The molecule has 2 fully saturated rings. The number of esters is 1. The normalized spacial score (nSPS) is 42.3. The zero-order valence-electron chi connectivity index (χ0n) is 38.4. The summed E-state index contributed by atoms with van der Waals surface area (Å²) in [5.41, 5.74) is 6.04. The van der Waals surface area contributed by atoms with E-state index in [0.717, 1.165) is 0 Å². The first-order valence-corrected chi connectivity index (χ1v) is 23.0. The molecule has 0 amide bonds. The minimum Gasteiger partial charge on any atom is -0.481 e. The number of aliphatic hydroxyl groups is 9. The SMILES string of the molecule is C[C@@H]1[C@H](C)[C@@H](C)C=CC=CC=CC=CC=CCCC=C[C@H](O[C@@H]2O[C@H](C)[C@@H](O)[C@H](N)[C@@H]2O)C[C@@H]2O[C@](O)(C[C@@H](O)C[C@@H](O)[C@H](O)CC[C@@H](O)C[C@@H](O)CC(=O)O[C@H]1C)C[C@H](O)[C@H]2C(=O)O. The molecule has 0 spiro atoms. The molecular formula is C48H77NO16. The molecule has 370 valence electrons. The van der Waals surface area contributed by atoms with Crippen molar-refractivity contribution < 1.29 is 79.6 Å². The maximum absolute atomic E-state index is 12.7. The molecule has 0 aromatic carbocycles. The Labute approximate surface area is 383 Å². The molecule has 3 aliphatic heterocycles. The summed E-state index contributed by atoms with van der Waals surface area (Å²) >= 11 is 0. The largest absolute Gasteiger partial charge is 0.481 e. The van der Waals surface area contributed by atoms with E-state index in [1.54, 1.807) is 26.0 Å². The van der Waals surface area contributed by atoms with Gasteiger partial charge < -0.3 is 75.7 Å². The second-order valence-electron chi connectivity index (χ2n) is 18.2. The van der Waals surface area contributed by atoms with Gasteiger partial charge in [0.05, 0.1) is 73.5 Å². The van der Waals surface area contributed by atoms with Crippen LogP contribution in [-0.4, -0.2) is 154 Å². The molecule has 0 radical (unpaired) electrons. The second-order valence-corrected chi connectivity index (χ2v) is 18.2. The van der Waals surface area contributed by atoms with Crippen LogP contribution in [0.3, 0.4) is 0 Å². The summed E-state index contributed by atoms with van der Waals surface area (Å²) < 4.78 is 23.4. The number of carbonyl (C=O) groups excluding carboxylic acids is 1. The highest BCUT2D eigenvalue weighted by Gasteiger charge is 2.51. The third-order valence-corrected chi connectivity index (χ3v) is 12.8. The van der Waals surface area contributed by atoms with Crippen LogP contribution in [0.4, 0.5) is 0 Å². The Balaban J connectivity index is 1.83. The minimum absolute atomic E-state index is 0.00339. The first-order chi connectivity index (χ1) is 30.6. The number of rotatable bonds is 3. The van der Waals surface area contributed by atoms with Gasteiger partial charge in [0.25, 0.3) is 0 Å². The summed E-state index contributed by atoms with van der Waals surface area (Å²) in [6.45, 7) is 9.52. The summed E-state index contributed by atoms with van der Waals surface area (Å²) in [6, 6.07) is -1.13. The van der Waals surface area contributed by atoms with Crippen molar-refractivity contribution in [3.63, 3.8) is 0 Å². The van der Waals surface area contributed by atoms with Gasteiger partial charge in [-0.1, -0.05) is 93.7 Å². The molecule has 2 saturated heterocycles. The first-order valence-electron chi connectivity index (χ1n) is 23.0. The van der Waals surface area contributed by atoms with Crippen LogP contribution in [0.2, 0.25) is 0 Å². The lowest BCUT2D eigenvalue weighted by atomic mass is 9.82. The summed E-state index contributed by atoms with van der Waals surface area (Å²) in [7, 11) is 0. The first kappa shape index (κ1) is 56.2. The van der Waals surface area contributed by atoms with Crippen molar-refractivity contribution in [2.45, 2.75) is 190 Å². The number of aliphatic carboxylic acids is 1. The van der Waals surface area contributed by atoms with Gasteiger partial charge in [-0.3, -0.25) is 9.59 Å². The number of carboxylic acid groups (broad SMARTS) is 1. The Morgan fingerprint density at radius 1 is 0.692 bits per heavy atom. The predicted octanol–water partition coefficient (Wildman–Crippen LogP) is 2.21. The molecule has 0 aliphatic carbocycles. The second kappa shape index (κ2) is 27.6. The topological polar surface area (TPSA) is 299 Å². The molecule has 3 rings (SSSR count). The van der Waals surface area contributed by atoms with Crippen molar-refractivity contribution in [1.82, 2.24) is 0 Å². The average molecular weight is 924 g/mol. The summed E-state index contributed by atoms with van der Waals surface area (Å²) in [5, 5.41) is 107.